The lowest BCUT2D eigenvalue weighted by Crippen LogP contribution is -2.14. The smallest absolute Gasteiger partial charge is 0.143 e. The molecule has 0 radical (unpaired) electrons. The molecule has 53 heavy (non-hydrogen) atoms. The van der Waals surface area contributed by atoms with Crippen molar-refractivity contribution in [3.8, 4) is 44.5 Å². The summed E-state index contributed by atoms with van der Waals surface area (Å²) in [5.41, 5.74) is 17.5. The van der Waals surface area contributed by atoms with Gasteiger partial charge < -0.3 is 9.32 Å². The normalized spacial score (nSPS) is 12.9. The molecule has 1 aliphatic carbocycles. The van der Waals surface area contributed by atoms with Gasteiger partial charge in [0.2, 0.25) is 0 Å². The van der Waals surface area contributed by atoms with Crippen LogP contribution in [-0.4, -0.2) is 0 Å². The van der Waals surface area contributed by atoms with Gasteiger partial charge in [-0.3, -0.25) is 0 Å². The molecule has 0 fully saturated rings. The number of hydrogen-bond acceptors (Lipinski definition) is 2. The van der Waals surface area contributed by atoms with Gasteiger partial charge in [0.05, 0.1) is 0 Å². The number of hydrogen-bond donors (Lipinski definition) is 0. The SMILES string of the molecule is CC1(C)c2ccccc2-c2cc(-c3cccc(N(c4ccc(-c5ccccc5)cc4)c4cccc(-c5cccc6c5oc5ccccc56)c4)c3)ccc21. The molecule has 2 heteroatoms. The van der Waals surface area contributed by atoms with E-state index < -0.39 is 0 Å². The van der Waals surface area contributed by atoms with Gasteiger partial charge in [0.15, 0.2) is 0 Å². The van der Waals surface area contributed by atoms with Gasteiger partial charge in [-0.2, -0.15) is 0 Å². The van der Waals surface area contributed by atoms with Crippen LogP contribution in [0.5, 0.6) is 0 Å². The largest absolute Gasteiger partial charge is 0.455 e. The lowest BCUT2D eigenvalue weighted by Gasteiger charge is -2.27. The number of rotatable bonds is 6. The Morgan fingerprint density at radius 3 is 1.77 bits per heavy atom. The molecular formula is C51H37NO. The Morgan fingerprint density at radius 1 is 0.377 bits per heavy atom. The first-order chi connectivity index (χ1) is 26.0. The van der Waals surface area contributed by atoms with Crippen molar-refractivity contribution in [3.63, 3.8) is 0 Å². The molecule has 0 spiro atoms. The number of benzene rings is 8. The average molecular weight is 680 g/mol. The van der Waals surface area contributed by atoms with E-state index in [4.69, 9.17) is 4.42 Å². The molecule has 2 nitrogen and oxygen atoms in total. The van der Waals surface area contributed by atoms with E-state index in [-0.39, 0.29) is 5.41 Å². The van der Waals surface area contributed by atoms with Gasteiger partial charge in [-0.1, -0.05) is 153 Å². The molecule has 1 aliphatic rings. The van der Waals surface area contributed by atoms with Crippen LogP contribution in [0.3, 0.4) is 0 Å². The third-order valence-electron chi connectivity index (χ3n) is 11.1. The molecule has 9 aromatic rings. The van der Waals surface area contributed by atoms with E-state index in [2.05, 4.69) is 195 Å². The van der Waals surface area contributed by atoms with Gasteiger partial charge in [-0.15, -0.1) is 0 Å². The van der Waals surface area contributed by atoms with E-state index in [1.165, 1.54) is 44.5 Å². The van der Waals surface area contributed by atoms with Crippen LogP contribution in [-0.2, 0) is 5.41 Å². The van der Waals surface area contributed by atoms with Crippen molar-refractivity contribution in [3.05, 3.63) is 199 Å². The Labute approximate surface area is 310 Å². The fourth-order valence-corrected chi connectivity index (χ4v) is 8.39. The first-order valence-electron chi connectivity index (χ1n) is 18.3. The van der Waals surface area contributed by atoms with Crippen molar-refractivity contribution >= 4 is 39.0 Å². The fraction of sp³-hybridized carbons (Fsp3) is 0.0588. The van der Waals surface area contributed by atoms with Crippen molar-refractivity contribution < 1.29 is 4.42 Å². The highest BCUT2D eigenvalue weighted by molar-refractivity contribution is 6.09. The lowest BCUT2D eigenvalue weighted by atomic mass is 9.82. The minimum Gasteiger partial charge on any atom is -0.455 e. The zero-order valence-electron chi connectivity index (χ0n) is 29.8. The van der Waals surface area contributed by atoms with Crippen LogP contribution in [0.2, 0.25) is 0 Å². The van der Waals surface area contributed by atoms with Crippen LogP contribution in [0.4, 0.5) is 17.1 Å². The van der Waals surface area contributed by atoms with Crippen LogP contribution >= 0.6 is 0 Å². The number of nitrogens with zero attached hydrogens (tertiary/aromatic N) is 1. The summed E-state index contributed by atoms with van der Waals surface area (Å²) < 4.78 is 6.48. The molecule has 252 valence electrons. The molecule has 10 rings (SSSR count). The number of para-hydroxylation sites is 2. The van der Waals surface area contributed by atoms with Crippen LogP contribution in [0.25, 0.3) is 66.4 Å². The molecule has 0 bridgehead atoms. The van der Waals surface area contributed by atoms with E-state index >= 15 is 0 Å². The third kappa shape index (κ3) is 5.18. The van der Waals surface area contributed by atoms with Crippen molar-refractivity contribution in [1.82, 2.24) is 0 Å². The van der Waals surface area contributed by atoms with E-state index in [1.807, 2.05) is 12.1 Å². The van der Waals surface area contributed by atoms with Crippen molar-refractivity contribution in [1.29, 1.82) is 0 Å². The van der Waals surface area contributed by atoms with Gasteiger partial charge >= 0.3 is 0 Å². The van der Waals surface area contributed by atoms with Crippen molar-refractivity contribution in [2.24, 2.45) is 0 Å². The highest BCUT2D eigenvalue weighted by Crippen LogP contribution is 2.50. The van der Waals surface area contributed by atoms with E-state index in [0.29, 0.717) is 0 Å². The van der Waals surface area contributed by atoms with Gasteiger partial charge in [0.25, 0.3) is 0 Å². The summed E-state index contributed by atoms with van der Waals surface area (Å²) in [6.07, 6.45) is 0. The summed E-state index contributed by atoms with van der Waals surface area (Å²) in [4.78, 5) is 2.37. The van der Waals surface area contributed by atoms with E-state index in [0.717, 1.165) is 50.1 Å². The molecule has 0 N–H and O–H groups in total. The van der Waals surface area contributed by atoms with Crippen molar-refractivity contribution in [2.45, 2.75) is 19.3 Å². The quantitative estimate of drug-likeness (QED) is 0.174. The molecule has 0 aliphatic heterocycles. The summed E-state index contributed by atoms with van der Waals surface area (Å²) in [6.45, 7) is 4.67. The zero-order chi connectivity index (χ0) is 35.5. The molecule has 0 saturated heterocycles. The minimum absolute atomic E-state index is 0.0211. The standard InChI is InChI=1S/C51H37NO/c1-51(2)47-23-8-6-19-43(47)46-33-37(27-30-48(46)51)36-15-10-17-40(31-36)52(39-28-25-35(26-29-39)34-13-4-3-5-14-34)41-18-11-16-38(32-41)42-21-12-22-45-44-20-7-9-24-49(44)53-50(42)45/h3-33H,1-2H3. The summed E-state index contributed by atoms with van der Waals surface area (Å²) >= 11 is 0. The van der Waals surface area contributed by atoms with Gasteiger partial charge in [-0.05, 0) is 98.6 Å². The van der Waals surface area contributed by atoms with E-state index in [1.54, 1.807) is 0 Å². The van der Waals surface area contributed by atoms with Crippen molar-refractivity contribution in [2.75, 3.05) is 4.90 Å². The molecular weight excluding hydrogens is 643 g/mol. The molecule has 1 heterocycles. The zero-order valence-corrected chi connectivity index (χ0v) is 29.8. The maximum atomic E-state index is 6.48. The van der Waals surface area contributed by atoms with Gasteiger partial charge in [0, 0.05) is 38.8 Å². The molecule has 0 saturated carbocycles. The van der Waals surface area contributed by atoms with Gasteiger partial charge in [-0.25, -0.2) is 0 Å². The third-order valence-corrected chi connectivity index (χ3v) is 11.1. The summed E-state index contributed by atoms with van der Waals surface area (Å²) in [5, 5.41) is 2.26. The first kappa shape index (κ1) is 31.1. The minimum atomic E-state index is -0.0211. The molecule has 1 aromatic heterocycles. The maximum absolute atomic E-state index is 6.48. The fourth-order valence-electron chi connectivity index (χ4n) is 8.39. The Kier molecular flexibility index (Phi) is 7.19. The van der Waals surface area contributed by atoms with Crippen LogP contribution in [0, 0.1) is 0 Å². The Hall–Kier alpha value is -6.64. The summed E-state index contributed by atoms with van der Waals surface area (Å²) in [7, 11) is 0. The second kappa shape index (κ2) is 12.3. The first-order valence-corrected chi connectivity index (χ1v) is 18.3. The number of fused-ring (bicyclic) bond motifs is 6. The highest BCUT2D eigenvalue weighted by atomic mass is 16.3. The number of furan rings is 1. The Bertz CT molecular complexity index is 2810. The summed E-state index contributed by atoms with van der Waals surface area (Å²) in [6, 6.07) is 67.8. The summed E-state index contributed by atoms with van der Waals surface area (Å²) in [5.74, 6) is 0. The lowest BCUT2D eigenvalue weighted by molar-refractivity contribution is 0.660. The Balaban J connectivity index is 1.11. The topological polar surface area (TPSA) is 16.4 Å². The predicted molar refractivity (Wildman–Crippen MR) is 222 cm³/mol. The highest BCUT2D eigenvalue weighted by Gasteiger charge is 2.35. The molecule has 0 atom stereocenters. The van der Waals surface area contributed by atoms with Crippen LogP contribution in [0.1, 0.15) is 25.0 Å². The van der Waals surface area contributed by atoms with Crippen LogP contribution in [0.15, 0.2) is 192 Å². The Morgan fingerprint density at radius 2 is 0.943 bits per heavy atom. The second-order valence-corrected chi connectivity index (χ2v) is 14.6. The second-order valence-electron chi connectivity index (χ2n) is 14.6. The van der Waals surface area contributed by atoms with Gasteiger partial charge in [0.1, 0.15) is 11.2 Å². The maximum Gasteiger partial charge on any atom is 0.143 e. The monoisotopic (exact) mass is 679 g/mol. The molecule has 0 amide bonds. The number of anilines is 3. The van der Waals surface area contributed by atoms with E-state index in [9.17, 15) is 0 Å². The molecule has 0 unspecified atom stereocenters. The van der Waals surface area contributed by atoms with Crippen LogP contribution < -0.4 is 4.90 Å². The molecule has 8 aromatic carbocycles. The predicted octanol–water partition coefficient (Wildman–Crippen LogP) is 14.4. The average Bonchev–Trinajstić information content (AvgIpc) is 3.71.